The van der Waals surface area contributed by atoms with E-state index in [0.717, 1.165) is 15.6 Å². The van der Waals surface area contributed by atoms with Crippen molar-refractivity contribution in [3.8, 4) is 5.75 Å². The molecule has 0 aliphatic heterocycles. The molecule has 0 fully saturated rings. The number of amides is 1. The van der Waals surface area contributed by atoms with E-state index < -0.39 is 0 Å². The zero-order chi connectivity index (χ0) is 20.9. The second-order valence-electron chi connectivity index (χ2n) is 6.54. The summed E-state index contributed by atoms with van der Waals surface area (Å²) in [6.45, 7) is 0.874. The number of carbonyl (C=O) groups excluding carboxylic acids is 1. The molecule has 4 aromatic rings. The third-order valence-corrected chi connectivity index (χ3v) is 5.73. The Bertz CT molecular complexity index is 1160. The molecule has 0 aliphatic rings. The van der Waals surface area contributed by atoms with E-state index in [2.05, 4.69) is 26.3 Å². The van der Waals surface area contributed by atoms with Crippen LogP contribution in [0.3, 0.4) is 0 Å². The van der Waals surface area contributed by atoms with E-state index in [1.807, 2.05) is 35.8 Å². The van der Waals surface area contributed by atoms with Crippen LogP contribution in [0.4, 0.5) is 10.2 Å². The molecule has 1 N–H and O–H groups in total. The van der Waals surface area contributed by atoms with Crippen molar-refractivity contribution in [2.24, 2.45) is 0 Å². The maximum absolute atomic E-state index is 13.2. The molecule has 2 aromatic heterocycles. The number of hydrogen-bond acceptors (Lipinski definition) is 4. The Morgan fingerprint density at radius 3 is 2.77 bits per heavy atom. The molecule has 8 heteroatoms. The quantitative estimate of drug-likeness (QED) is 0.363. The molecule has 0 radical (unpaired) electrons. The molecule has 0 spiro atoms. The Morgan fingerprint density at radius 2 is 1.97 bits per heavy atom. The van der Waals surface area contributed by atoms with Gasteiger partial charge in [-0.3, -0.25) is 9.48 Å². The first-order valence-corrected chi connectivity index (χ1v) is 10.8. The van der Waals surface area contributed by atoms with E-state index in [-0.39, 0.29) is 18.3 Å². The van der Waals surface area contributed by atoms with Crippen LogP contribution in [-0.2, 0) is 13.2 Å². The minimum Gasteiger partial charge on any atom is -0.489 e. The number of rotatable bonds is 7. The first-order chi connectivity index (χ1) is 14.5. The number of aromatic nitrogens is 2. The number of benzene rings is 2. The highest BCUT2D eigenvalue weighted by molar-refractivity contribution is 9.10. The highest BCUT2D eigenvalue weighted by Gasteiger charge is 2.12. The van der Waals surface area contributed by atoms with Gasteiger partial charge in [0.2, 0.25) is 0 Å². The predicted molar refractivity (Wildman–Crippen MR) is 118 cm³/mol. The number of thiophene rings is 1. The van der Waals surface area contributed by atoms with Gasteiger partial charge in [0, 0.05) is 28.4 Å². The van der Waals surface area contributed by atoms with E-state index >= 15 is 0 Å². The van der Waals surface area contributed by atoms with Crippen LogP contribution >= 0.6 is 27.3 Å². The van der Waals surface area contributed by atoms with Crippen LogP contribution < -0.4 is 10.1 Å². The maximum Gasteiger partial charge on any atom is 0.266 e. The van der Waals surface area contributed by atoms with Crippen molar-refractivity contribution in [2.75, 3.05) is 5.32 Å². The number of nitrogens with zero attached hydrogens (tertiary/aromatic N) is 2. The fourth-order valence-electron chi connectivity index (χ4n) is 2.77. The SMILES string of the molecule is O=C(Nc1ccn(Cc2ccc(Br)cc2)n1)c1cc(COc2cccc(F)c2)cs1. The van der Waals surface area contributed by atoms with Gasteiger partial charge in [0.15, 0.2) is 5.82 Å². The molecule has 0 aliphatic carbocycles. The molecule has 0 saturated heterocycles. The van der Waals surface area contributed by atoms with Crippen molar-refractivity contribution in [2.45, 2.75) is 13.2 Å². The van der Waals surface area contributed by atoms with Gasteiger partial charge in [0.05, 0.1) is 11.4 Å². The van der Waals surface area contributed by atoms with Gasteiger partial charge in [-0.05, 0) is 41.3 Å². The van der Waals surface area contributed by atoms with Crippen LogP contribution in [0.2, 0.25) is 0 Å². The summed E-state index contributed by atoms with van der Waals surface area (Å²) in [6.07, 6.45) is 1.82. The van der Waals surface area contributed by atoms with Gasteiger partial charge in [-0.2, -0.15) is 5.10 Å². The molecular formula is C22H17BrFN3O2S. The summed E-state index contributed by atoms with van der Waals surface area (Å²) in [7, 11) is 0. The second kappa shape index (κ2) is 9.23. The van der Waals surface area contributed by atoms with E-state index in [0.29, 0.717) is 23.0 Å². The third kappa shape index (κ3) is 5.34. The maximum atomic E-state index is 13.2. The lowest BCUT2D eigenvalue weighted by Gasteiger charge is -2.04. The Morgan fingerprint density at radius 1 is 1.13 bits per heavy atom. The summed E-state index contributed by atoms with van der Waals surface area (Å²) in [5.41, 5.74) is 1.95. The van der Waals surface area contributed by atoms with Crippen LogP contribution in [-0.4, -0.2) is 15.7 Å². The summed E-state index contributed by atoms with van der Waals surface area (Å²) in [4.78, 5) is 13.1. The third-order valence-electron chi connectivity index (χ3n) is 4.22. The monoisotopic (exact) mass is 485 g/mol. The minimum atomic E-state index is -0.350. The predicted octanol–water partition coefficient (Wildman–Crippen LogP) is 5.73. The molecule has 0 unspecified atom stereocenters. The van der Waals surface area contributed by atoms with Crippen LogP contribution in [0.5, 0.6) is 5.75 Å². The summed E-state index contributed by atoms with van der Waals surface area (Å²) < 4.78 is 21.6. The topological polar surface area (TPSA) is 56.2 Å². The van der Waals surface area contributed by atoms with Crippen LogP contribution in [0.15, 0.2) is 76.7 Å². The van der Waals surface area contributed by atoms with Gasteiger partial charge >= 0.3 is 0 Å². The Hall–Kier alpha value is -2.97. The molecule has 1 amide bonds. The van der Waals surface area contributed by atoms with Crippen molar-refractivity contribution in [1.29, 1.82) is 0 Å². The number of halogens is 2. The van der Waals surface area contributed by atoms with Crippen LogP contribution in [0.25, 0.3) is 0 Å². The van der Waals surface area contributed by atoms with Crippen molar-refractivity contribution in [3.63, 3.8) is 0 Å². The normalized spacial score (nSPS) is 10.7. The lowest BCUT2D eigenvalue weighted by atomic mass is 10.2. The van der Waals surface area contributed by atoms with E-state index in [4.69, 9.17) is 4.74 Å². The van der Waals surface area contributed by atoms with Crippen molar-refractivity contribution < 1.29 is 13.9 Å². The van der Waals surface area contributed by atoms with Gasteiger partial charge in [-0.1, -0.05) is 34.1 Å². The average Bonchev–Trinajstić information content (AvgIpc) is 3.38. The largest absolute Gasteiger partial charge is 0.489 e. The van der Waals surface area contributed by atoms with Crippen molar-refractivity contribution in [3.05, 3.63) is 98.5 Å². The van der Waals surface area contributed by atoms with E-state index in [1.165, 1.54) is 23.5 Å². The van der Waals surface area contributed by atoms with Gasteiger partial charge in [-0.15, -0.1) is 11.3 Å². The van der Waals surface area contributed by atoms with Crippen molar-refractivity contribution >= 4 is 39.0 Å². The van der Waals surface area contributed by atoms with Gasteiger partial charge < -0.3 is 10.1 Å². The Balaban J connectivity index is 1.33. The number of anilines is 1. The van der Waals surface area contributed by atoms with Gasteiger partial charge in [0.1, 0.15) is 18.2 Å². The van der Waals surface area contributed by atoms with Gasteiger partial charge in [0.25, 0.3) is 5.91 Å². The van der Waals surface area contributed by atoms with Gasteiger partial charge in [-0.25, -0.2) is 4.39 Å². The fraction of sp³-hybridized carbons (Fsp3) is 0.0909. The average molecular weight is 486 g/mol. The first kappa shape index (κ1) is 20.3. The van der Waals surface area contributed by atoms with Crippen molar-refractivity contribution in [1.82, 2.24) is 9.78 Å². The first-order valence-electron chi connectivity index (χ1n) is 9.10. The molecule has 2 aromatic carbocycles. The summed E-state index contributed by atoms with van der Waals surface area (Å²) >= 11 is 4.74. The molecule has 30 heavy (non-hydrogen) atoms. The number of ether oxygens (including phenoxy) is 1. The summed E-state index contributed by atoms with van der Waals surface area (Å²) in [5, 5.41) is 9.06. The standard InChI is InChI=1S/C22H17BrFN3O2S/c23-17-6-4-15(5-7-17)12-27-9-8-21(26-27)25-22(28)20-10-16(14-30-20)13-29-19-3-1-2-18(24)11-19/h1-11,14H,12-13H2,(H,25,26,28). The molecule has 5 nitrogen and oxygen atoms in total. The second-order valence-corrected chi connectivity index (χ2v) is 8.37. The molecule has 4 rings (SSSR count). The highest BCUT2D eigenvalue weighted by atomic mass is 79.9. The summed E-state index contributed by atoms with van der Waals surface area (Å²) in [5.74, 6) is 0.356. The number of carbonyl (C=O) groups is 1. The molecule has 0 atom stereocenters. The minimum absolute atomic E-state index is 0.231. The molecule has 0 bridgehead atoms. The molecule has 152 valence electrons. The van der Waals surface area contributed by atoms with E-state index in [1.54, 1.807) is 28.9 Å². The zero-order valence-corrected chi connectivity index (χ0v) is 18.1. The van der Waals surface area contributed by atoms with Crippen LogP contribution in [0, 0.1) is 5.82 Å². The summed E-state index contributed by atoms with van der Waals surface area (Å²) in [6, 6.07) is 17.5. The molecule has 2 heterocycles. The van der Waals surface area contributed by atoms with Crippen LogP contribution in [0.1, 0.15) is 20.8 Å². The number of hydrogen-bond donors (Lipinski definition) is 1. The molecule has 0 saturated carbocycles. The zero-order valence-electron chi connectivity index (χ0n) is 15.7. The Labute approximate surface area is 185 Å². The lowest BCUT2D eigenvalue weighted by Crippen LogP contribution is -2.11. The molecular weight excluding hydrogens is 469 g/mol. The number of nitrogens with one attached hydrogen (secondary N) is 1. The fourth-order valence-corrected chi connectivity index (χ4v) is 3.82. The smallest absolute Gasteiger partial charge is 0.266 e. The lowest BCUT2D eigenvalue weighted by molar-refractivity contribution is 0.103. The van der Waals surface area contributed by atoms with E-state index in [9.17, 15) is 9.18 Å². The Kier molecular flexibility index (Phi) is 6.25. The highest BCUT2D eigenvalue weighted by Crippen LogP contribution is 2.20.